The third kappa shape index (κ3) is 4.54. The fraction of sp³-hybridized carbons (Fsp3) is 0.400. The summed E-state index contributed by atoms with van der Waals surface area (Å²) in [6, 6.07) is 17.0. The molecule has 2 aromatic carbocycles. The van der Waals surface area contributed by atoms with Crippen molar-refractivity contribution in [3.63, 3.8) is 0 Å². The van der Waals surface area contributed by atoms with Crippen LogP contribution in [0.2, 0.25) is 0 Å². The van der Waals surface area contributed by atoms with Crippen LogP contribution in [0.5, 0.6) is 0 Å². The summed E-state index contributed by atoms with van der Waals surface area (Å²) >= 11 is 0. The van der Waals surface area contributed by atoms with Crippen molar-refractivity contribution >= 4 is 11.8 Å². The maximum Gasteiger partial charge on any atom is 0.253 e. The molecule has 0 radical (unpaired) electrons. The normalized spacial score (nSPS) is 17.0. The van der Waals surface area contributed by atoms with E-state index in [1.807, 2.05) is 21.9 Å². The molecule has 0 N–H and O–H groups in total. The van der Waals surface area contributed by atoms with Crippen molar-refractivity contribution in [3.05, 3.63) is 70.8 Å². The molecule has 2 heterocycles. The fourth-order valence-corrected chi connectivity index (χ4v) is 4.43. The number of rotatable bonds is 4. The molecular weight excluding hydrogens is 374 g/mol. The molecule has 2 amide bonds. The molecule has 0 bridgehead atoms. The molecule has 0 saturated carbocycles. The SMILES string of the molecule is N#Cc1ccc(C(=O)N2CCC(Cc3ccc(C(=O)N4CCCC4)cc3)CC2)cc1. The van der Waals surface area contributed by atoms with E-state index in [1.165, 1.54) is 5.56 Å². The van der Waals surface area contributed by atoms with Gasteiger partial charge in [-0.05, 0) is 80.0 Å². The predicted octanol–water partition coefficient (Wildman–Crippen LogP) is 3.89. The van der Waals surface area contributed by atoms with E-state index >= 15 is 0 Å². The molecule has 30 heavy (non-hydrogen) atoms. The van der Waals surface area contributed by atoms with Gasteiger partial charge in [-0.1, -0.05) is 12.1 Å². The molecule has 4 rings (SSSR count). The van der Waals surface area contributed by atoms with Crippen molar-refractivity contribution < 1.29 is 9.59 Å². The van der Waals surface area contributed by atoms with Crippen molar-refractivity contribution in [1.29, 1.82) is 5.26 Å². The van der Waals surface area contributed by atoms with Crippen LogP contribution in [0.1, 0.15) is 57.5 Å². The standard InChI is InChI=1S/C25H27N3O2/c26-18-21-5-9-23(10-6-21)25(30)28-15-11-20(12-16-28)17-19-3-7-22(8-4-19)24(29)27-13-1-2-14-27/h3-10,20H,1-2,11-17H2. The lowest BCUT2D eigenvalue weighted by Crippen LogP contribution is -2.38. The number of nitriles is 1. The summed E-state index contributed by atoms with van der Waals surface area (Å²) in [5.74, 6) is 0.742. The van der Waals surface area contributed by atoms with Crippen LogP contribution in [0, 0.1) is 17.2 Å². The molecule has 0 atom stereocenters. The zero-order chi connectivity index (χ0) is 20.9. The van der Waals surface area contributed by atoms with Gasteiger partial charge in [-0.15, -0.1) is 0 Å². The van der Waals surface area contributed by atoms with Crippen molar-refractivity contribution in [1.82, 2.24) is 9.80 Å². The van der Waals surface area contributed by atoms with E-state index in [0.717, 1.165) is 63.8 Å². The van der Waals surface area contributed by atoms with Gasteiger partial charge < -0.3 is 9.80 Å². The molecule has 2 aromatic rings. The van der Waals surface area contributed by atoms with Gasteiger partial charge in [-0.3, -0.25) is 9.59 Å². The lowest BCUT2D eigenvalue weighted by molar-refractivity contribution is 0.0690. The largest absolute Gasteiger partial charge is 0.339 e. The van der Waals surface area contributed by atoms with E-state index in [0.29, 0.717) is 17.0 Å². The Labute approximate surface area is 177 Å². The summed E-state index contributed by atoms with van der Waals surface area (Å²) in [7, 11) is 0. The molecule has 0 aromatic heterocycles. The fourth-order valence-electron chi connectivity index (χ4n) is 4.43. The van der Waals surface area contributed by atoms with E-state index < -0.39 is 0 Å². The molecule has 2 aliphatic heterocycles. The molecule has 0 spiro atoms. The van der Waals surface area contributed by atoms with Crippen molar-refractivity contribution in [2.75, 3.05) is 26.2 Å². The highest BCUT2D eigenvalue weighted by atomic mass is 16.2. The molecule has 2 fully saturated rings. The van der Waals surface area contributed by atoms with Gasteiger partial charge in [-0.2, -0.15) is 5.26 Å². The highest BCUT2D eigenvalue weighted by Gasteiger charge is 2.24. The Morgan fingerprint density at radius 1 is 0.800 bits per heavy atom. The summed E-state index contributed by atoms with van der Waals surface area (Å²) in [6.07, 6.45) is 5.16. The predicted molar refractivity (Wildman–Crippen MR) is 115 cm³/mol. The minimum absolute atomic E-state index is 0.0442. The zero-order valence-electron chi connectivity index (χ0n) is 17.2. The first-order valence-electron chi connectivity index (χ1n) is 10.8. The van der Waals surface area contributed by atoms with E-state index in [-0.39, 0.29) is 11.8 Å². The first-order chi connectivity index (χ1) is 14.6. The van der Waals surface area contributed by atoms with Crippen molar-refractivity contribution in [3.8, 4) is 6.07 Å². The minimum atomic E-state index is 0.0442. The third-order valence-corrected chi connectivity index (χ3v) is 6.28. The van der Waals surface area contributed by atoms with Crippen LogP contribution >= 0.6 is 0 Å². The van der Waals surface area contributed by atoms with Gasteiger partial charge in [0.2, 0.25) is 0 Å². The van der Waals surface area contributed by atoms with Crippen LogP contribution in [0.3, 0.4) is 0 Å². The van der Waals surface area contributed by atoms with Gasteiger partial charge in [-0.25, -0.2) is 0 Å². The lowest BCUT2D eigenvalue weighted by Gasteiger charge is -2.32. The third-order valence-electron chi connectivity index (χ3n) is 6.28. The second-order valence-electron chi connectivity index (χ2n) is 8.33. The second-order valence-corrected chi connectivity index (χ2v) is 8.33. The molecule has 154 valence electrons. The van der Waals surface area contributed by atoms with Crippen LogP contribution < -0.4 is 0 Å². The number of benzene rings is 2. The maximum absolute atomic E-state index is 12.7. The van der Waals surface area contributed by atoms with E-state index in [4.69, 9.17) is 5.26 Å². The van der Waals surface area contributed by atoms with Gasteiger partial charge >= 0.3 is 0 Å². The van der Waals surface area contributed by atoms with Crippen LogP contribution in [0.15, 0.2) is 48.5 Å². The van der Waals surface area contributed by atoms with Gasteiger partial charge in [0.25, 0.3) is 11.8 Å². The van der Waals surface area contributed by atoms with E-state index in [1.54, 1.807) is 24.3 Å². The Morgan fingerprint density at radius 3 is 1.83 bits per heavy atom. The van der Waals surface area contributed by atoms with E-state index in [2.05, 4.69) is 18.2 Å². The number of likely N-dealkylation sites (tertiary alicyclic amines) is 2. The average Bonchev–Trinajstić information content (AvgIpc) is 3.34. The topological polar surface area (TPSA) is 64.4 Å². The van der Waals surface area contributed by atoms with Gasteiger partial charge in [0.05, 0.1) is 11.6 Å². The van der Waals surface area contributed by atoms with Crippen LogP contribution in [-0.2, 0) is 6.42 Å². The van der Waals surface area contributed by atoms with Gasteiger partial charge in [0.1, 0.15) is 0 Å². The number of amides is 2. The van der Waals surface area contributed by atoms with Crippen molar-refractivity contribution in [2.24, 2.45) is 5.92 Å². The first-order valence-corrected chi connectivity index (χ1v) is 10.8. The molecular formula is C25H27N3O2. The molecule has 5 nitrogen and oxygen atoms in total. The van der Waals surface area contributed by atoms with Crippen molar-refractivity contribution in [2.45, 2.75) is 32.1 Å². The minimum Gasteiger partial charge on any atom is -0.339 e. The van der Waals surface area contributed by atoms with Crippen LogP contribution in [0.25, 0.3) is 0 Å². The average molecular weight is 402 g/mol. The molecule has 5 heteroatoms. The Balaban J connectivity index is 1.28. The second kappa shape index (κ2) is 9.13. The molecule has 0 unspecified atom stereocenters. The lowest BCUT2D eigenvalue weighted by atomic mass is 9.89. The Bertz CT molecular complexity index is 930. The summed E-state index contributed by atoms with van der Waals surface area (Å²) in [4.78, 5) is 29.0. The summed E-state index contributed by atoms with van der Waals surface area (Å²) in [5.41, 5.74) is 3.25. The highest BCUT2D eigenvalue weighted by molar-refractivity contribution is 5.95. The monoisotopic (exact) mass is 401 g/mol. The summed E-state index contributed by atoms with van der Waals surface area (Å²) in [6.45, 7) is 3.27. The number of hydrogen-bond acceptors (Lipinski definition) is 3. The number of hydrogen-bond donors (Lipinski definition) is 0. The summed E-state index contributed by atoms with van der Waals surface area (Å²) in [5, 5.41) is 8.89. The zero-order valence-corrected chi connectivity index (χ0v) is 17.2. The van der Waals surface area contributed by atoms with Gasteiger partial charge in [0.15, 0.2) is 0 Å². The van der Waals surface area contributed by atoms with E-state index in [9.17, 15) is 9.59 Å². The first kappa shape index (κ1) is 20.2. The number of nitrogens with zero attached hydrogens (tertiary/aromatic N) is 3. The Hall–Kier alpha value is -3.13. The highest BCUT2D eigenvalue weighted by Crippen LogP contribution is 2.24. The Morgan fingerprint density at radius 2 is 1.30 bits per heavy atom. The Kier molecular flexibility index (Phi) is 6.13. The van der Waals surface area contributed by atoms with Gasteiger partial charge in [0, 0.05) is 37.3 Å². The number of piperidine rings is 1. The number of carbonyl (C=O) groups is 2. The molecule has 0 aliphatic carbocycles. The quantitative estimate of drug-likeness (QED) is 0.781. The number of carbonyl (C=O) groups excluding carboxylic acids is 2. The smallest absolute Gasteiger partial charge is 0.253 e. The molecule has 2 aliphatic rings. The maximum atomic E-state index is 12.7. The van der Waals surface area contributed by atoms with Crippen LogP contribution in [-0.4, -0.2) is 47.8 Å². The summed E-state index contributed by atoms with van der Waals surface area (Å²) < 4.78 is 0. The molecule has 2 saturated heterocycles. The van der Waals surface area contributed by atoms with Crippen LogP contribution in [0.4, 0.5) is 0 Å².